The highest BCUT2D eigenvalue weighted by Crippen LogP contribution is 2.35. The number of primary amides is 1. The van der Waals surface area contributed by atoms with E-state index in [4.69, 9.17) is 22.1 Å². The summed E-state index contributed by atoms with van der Waals surface area (Å²) in [6.45, 7) is 0.169. The normalized spacial score (nSPS) is 11.3. The van der Waals surface area contributed by atoms with Crippen molar-refractivity contribution in [2.75, 3.05) is 5.32 Å². The van der Waals surface area contributed by atoms with E-state index in [1.165, 1.54) is 18.3 Å². The molecule has 0 radical (unpaired) electrons. The van der Waals surface area contributed by atoms with Crippen molar-refractivity contribution < 1.29 is 27.5 Å². The van der Waals surface area contributed by atoms with Crippen LogP contribution in [0.3, 0.4) is 0 Å². The lowest BCUT2D eigenvalue weighted by Gasteiger charge is -2.13. The topological polar surface area (TPSA) is 94.3 Å². The van der Waals surface area contributed by atoms with Gasteiger partial charge in [-0.3, -0.25) is 14.6 Å². The van der Waals surface area contributed by atoms with E-state index in [1.54, 1.807) is 42.5 Å². The van der Waals surface area contributed by atoms with Gasteiger partial charge in [0.05, 0.1) is 10.6 Å². The first-order chi connectivity index (χ1) is 16.6. The van der Waals surface area contributed by atoms with Gasteiger partial charge in [-0.2, -0.15) is 13.2 Å². The lowest BCUT2D eigenvalue weighted by molar-refractivity contribution is -0.137. The number of ether oxygens (including phenoxy) is 1. The molecule has 0 aliphatic heterocycles. The van der Waals surface area contributed by atoms with E-state index in [0.29, 0.717) is 22.4 Å². The third-order valence-electron chi connectivity index (χ3n) is 5.12. The van der Waals surface area contributed by atoms with Crippen LogP contribution in [0.5, 0.6) is 5.75 Å². The van der Waals surface area contributed by atoms with Crippen LogP contribution in [0, 0.1) is 0 Å². The van der Waals surface area contributed by atoms with E-state index in [-0.39, 0.29) is 17.9 Å². The lowest BCUT2D eigenvalue weighted by atomic mass is 10.1. The first kappa shape index (κ1) is 24.0. The van der Waals surface area contributed by atoms with Crippen molar-refractivity contribution >= 4 is 39.9 Å². The Morgan fingerprint density at radius 2 is 1.83 bits per heavy atom. The standard InChI is InChI=1S/C25H17ClF3N3O3/c26-20-7-4-16(12-19(20)25(27,28)29)24(34)32-21-3-1-2-15-11-17(5-6-18(15)21)35-13-14-8-9-31-22(10-14)23(30)33/h1-12H,13H2,(H2,30,33)(H,32,34). The molecule has 0 atom stereocenters. The van der Waals surface area contributed by atoms with Crippen molar-refractivity contribution in [3.05, 3.63) is 100 Å². The Hall–Kier alpha value is -4.11. The van der Waals surface area contributed by atoms with Crippen molar-refractivity contribution in [2.24, 2.45) is 5.73 Å². The lowest BCUT2D eigenvalue weighted by Crippen LogP contribution is -2.14. The molecule has 0 aliphatic rings. The molecule has 0 saturated carbocycles. The summed E-state index contributed by atoms with van der Waals surface area (Å²) in [6, 6.07) is 16.6. The SMILES string of the molecule is NC(=O)c1cc(COc2ccc3c(NC(=O)c4ccc(Cl)c(C(F)(F)F)c4)cccc3c2)ccn1. The van der Waals surface area contributed by atoms with Crippen LogP contribution in [0.2, 0.25) is 5.02 Å². The van der Waals surface area contributed by atoms with Crippen LogP contribution >= 0.6 is 11.6 Å². The Bertz CT molecular complexity index is 1440. The maximum atomic E-state index is 13.1. The molecule has 3 aromatic carbocycles. The van der Waals surface area contributed by atoms with Gasteiger partial charge in [0, 0.05) is 22.8 Å². The fourth-order valence-electron chi connectivity index (χ4n) is 3.40. The van der Waals surface area contributed by atoms with Gasteiger partial charge in [-0.1, -0.05) is 23.7 Å². The fourth-order valence-corrected chi connectivity index (χ4v) is 3.63. The summed E-state index contributed by atoms with van der Waals surface area (Å²) in [5.41, 5.74) is 5.24. The molecule has 35 heavy (non-hydrogen) atoms. The number of alkyl halides is 3. The van der Waals surface area contributed by atoms with Crippen molar-refractivity contribution in [3.63, 3.8) is 0 Å². The molecule has 1 heterocycles. The Labute approximate surface area is 202 Å². The van der Waals surface area contributed by atoms with Gasteiger partial charge in [0.2, 0.25) is 0 Å². The number of fused-ring (bicyclic) bond motifs is 1. The molecular weight excluding hydrogens is 483 g/mol. The summed E-state index contributed by atoms with van der Waals surface area (Å²) >= 11 is 5.64. The average molecular weight is 500 g/mol. The van der Waals surface area contributed by atoms with Gasteiger partial charge in [-0.25, -0.2) is 0 Å². The minimum atomic E-state index is -4.68. The molecule has 2 amide bonds. The summed E-state index contributed by atoms with van der Waals surface area (Å²) in [4.78, 5) is 27.8. The number of nitrogens with zero attached hydrogens (tertiary/aromatic N) is 1. The van der Waals surface area contributed by atoms with Gasteiger partial charge in [-0.15, -0.1) is 0 Å². The van der Waals surface area contributed by atoms with E-state index in [2.05, 4.69) is 10.3 Å². The van der Waals surface area contributed by atoms with Crippen LogP contribution in [-0.4, -0.2) is 16.8 Å². The van der Waals surface area contributed by atoms with E-state index in [9.17, 15) is 22.8 Å². The number of nitrogens with one attached hydrogen (secondary N) is 1. The van der Waals surface area contributed by atoms with Crippen LogP contribution in [0.25, 0.3) is 10.8 Å². The molecular formula is C25H17ClF3N3O3. The van der Waals surface area contributed by atoms with Crippen LogP contribution in [-0.2, 0) is 12.8 Å². The molecule has 6 nitrogen and oxygen atoms in total. The number of benzene rings is 3. The highest BCUT2D eigenvalue weighted by atomic mass is 35.5. The molecule has 10 heteroatoms. The van der Waals surface area contributed by atoms with Gasteiger partial charge in [0.25, 0.3) is 11.8 Å². The monoisotopic (exact) mass is 499 g/mol. The van der Waals surface area contributed by atoms with E-state index in [0.717, 1.165) is 17.5 Å². The summed E-state index contributed by atoms with van der Waals surface area (Å²) in [5, 5.41) is 3.57. The number of nitrogens with two attached hydrogens (primary N) is 1. The second-order valence-corrected chi connectivity index (χ2v) is 7.94. The number of aromatic nitrogens is 1. The maximum Gasteiger partial charge on any atom is 0.417 e. The van der Waals surface area contributed by atoms with Crippen LogP contribution in [0.1, 0.15) is 32.0 Å². The molecule has 4 rings (SSSR count). The number of rotatable bonds is 6. The number of pyridine rings is 1. The predicted molar refractivity (Wildman–Crippen MR) is 125 cm³/mol. The summed E-state index contributed by atoms with van der Waals surface area (Å²) in [7, 11) is 0. The Morgan fingerprint density at radius 1 is 1.03 bits per heavy atom. The van der Waals surface area contributed by atoms with Gasteiger partial charge in [0.15, 0.2) is 0 Å². The highest BCUT2D eigenvalue weighted by molar-refractivity contribution is 6.31. The zero-order chi connectivity index (χ0) is 25.2. The molecule has 0 unspecified atom stereocenters. The van der Waals surface area contributed by atoms with Crippen molar-refractivity contribution in [1.82, 2.24) is 4.98 Å². The second-order valence-electron chi connectivity index (χ2n) is 7.54. The van der Waals surface area contributed by atoms with Crippen LogP contribution in [0.15, 0.2) is 72.9 Å². The molecule has 0 fully saturated rings. The average Bonchev–Trinajstić information content (AvgIpc) is 2.82. The number of hydrogen-bond acceptors (Lipinski definition) is 4. The van der Waals surface area contributed by atoms with Gasteiger partial charge >= 0.3 is 6.18 Å². The smallest absolute Gasteiger partial charge is 0.417 e. The quantitative estimate of drug-likeness (QED) is 0.348. The molecule has 4 aromatic rings. The minimum absolute atomic E-state index is 0.132. The van der Waals surface area contributed by atoms with Gasteiger partial charge < -0.3 is 15.8 Å². The van der Waals surface area contributed by atoms with Gasteiger partial charge in [0.1, 0.15) is 18.1 Å². The Balaban J connectivity index is 1.53. The van der Waals surface area contributed by atoms with Crippen molar-refractivity contribution in [2.45, 2.75) is 12.8 Å². The third-order valence-corrected chi connectivity index (χ3v) is 5.45. The fraction of sp³-hybridized carbons (Fsp3) is 0.0800. The summed E-state index contributed by atoms with van der Waals surface area (Å²) in [6.07, 6.45) is -3.21. The third kappa shape index (κ3) is 5.52. The first-order valence-electron chi connectivity index (χ1n) is 10.2. The Kier molecular flexibility index (Phi) is 6.61. The number of amides is 2. The van der Waals surface area contributed by atoms with Crippen molar-refractivity contribution in [1.29, 1.82) is 0 Å². The largest absolute Gasteiger partial charge is 0.489 e. The number of halogens is 4. The maximum absolute atomic E-state index is 13.1. The van der Waals surface area contributed by atoms with Crippen molar-refractivity contribution in [3.8, 4) is 5.75 Å². The number of carbonyl (C=O) groups is 2. The van der Waals surface area contributed by atoms with Crippen LogP contribution in [0.4, 0.5) is 18.9 Å². The number of carbonyl (C=O) groups excluding carboxylic acids is 2. The molecule has 0 saturated heterocycles. The highest BCUT2D eigenvalue weighted by Gasteiger charge is 2.33. The van der Waals surface area contributed by atoms with Crippen LogP contribution < -0.4 is 15.8 Å². The first-order valence-corrected chi connectivity index (χ1v) is 10.6. The number of hydrogen-bond donors (Lipinski definition) is 2. The molecule has 3 N–H and O–H groups in total. The van der Waals surface area contributed by atoms with E-state index >= 15 is 0 Å². The molecule has 0 aliphatic carbocycles. The predicted octanol–water partition coefficient (Wildman–Crippen LogP) is 5.84. The zero-order valence-corrected chi connectivity index (χ0v) is 18.7. The summed E-state index contributed by atoms with van der Waals surface area (Å²) in [5.74, 6) is -0.811. The van der Waals surface area contributed by atoms with E-state index < -0.39 is 28.6 Å². The minimum Gasteiger partial charge on any atom is -0.489 e. The molecule has 178 valence electrons. The molecule has 1 aromatic heterocycles. The van der Waals surface area contributed by atoms with E-state index in [1.807, 2.05) is 0 Å². The number of anilines is 1. The molecule has 0 bridgehead atoms. The Morgan fingerprint density at radius 3 is 2.57 bits per heavy atom. The zero-order valence-electron chi connectivity index (χ0n) is 17.9. The second kappa shape index (κ2) is 9.63. The summed E-state index contributed by atoms with van der Waals surface area (Å²) < 4.78 is 45.2. The van der Waals surface area contributed by atoms with Gasteiger partial charge in [-0.05, 0) is 65.5 Å². The molecule has 0 spiro atoms.